The molecule has 1 aromatic rings. The van der Waals surface area contributed by atoms with Crippen LogP contribution in [-0.2, 0) is 4.79 Å². The lowest BCUT2D eigenvalue weighted by atomic mass is 9.86. The molecule has 112 valence electrons. The first-order valence-electron chi connectivity index (χ1n) is 7.32. The fourth-order valence-corrected chi connectivity index (χ4v) is 2.09. The van der Waals surface area contributed by atoms with Gasteiger partial charge in [0.05, 0.1) is 12.1 Å². The van der Waals surface area contributed by atoms with Crippen LogP contribution < -0.4 is 11.1 Å². The van der Waals surface area contributed by atoms with E-state index >= 15 is 0 Å². The minimum Gasteiger partial charge on any atom is -0.348 e. The minimum absolute atomic E-state index is 0.0251. The maximum absolute atomic E-state index is 12.3. The number of hydrogen-bond acceptors (Lipinski definition) is 2. The molecule has 0 aliphatic heterocycles. The van der Waals surface area contributed by atoms with Crippen LogP contribution in [0, 0.1) is 11.3 Å². The highest BCUT2D eigenvalue weighted by molar-refractivity contribution is 5.82. The minimum atomic E-state index is -0.499. The summed E-state index contributed by atoms with van der Waals surface area (Å²) in [5.74, 6) is 0.429. The van der Waals surface area contributed by atoms with Crippen LogP contribution in [0.2, 0.25) is 0 Å². The molecule has 0 spiro atoms. The Balaban J connectivity index is 2.84. The third-order valence-corrected chi connectivity index (χ3v) is 3.44. The first kappa shape index (κ1) is 16.7. The van der Waals surface area contributed by atoms with E-state index in [9.17, 15) is 4.79 Å². The van der Waals surface area contributed by atoms with Crippen molar-refractivity contribution < 1.29 is 4.79 Å². The van der Waals surface area contributed by atoms with Gasteiger partial charge in [-0.15, -0.1) is 0 Å². The molecule has 20 heavy (non-hydrogen) atoms. The Morgan fingerprint density at radius 3 is 2.20 bits per heavy atom. The van der Waals surface area contributed by atoms with Crippen LogP contribution in [0.25, 0.3) is 0 Å². The standard InChI is InChI=1S/C17H28N2O/c1-12(2)11-14(13-9-7-6-8-10-13)19-16(20)15(18)17(3,4)5/h6-10,12,14-15H,11,18H2,1-5H3,(H,19,20)/t14?,15-/m1/s1. The van der Waals surface area contributed by atoms with E-state index in [1.807, 2.05) is 39.0 Å². The molecule has 0 aromatic heterocycles. The molecular weight excluding hydrogens is 248 g/mol. The van der Waals surface area contributed by atoms with E-state index in [2.05, 4.69) is 31.3 Å². The molecule has 0 fully saturated rings. The molecule has 1 rings (SSSR count). The van der Waals surface area contributed by atoms with E-state index < -0.39 is 6.04 Å². The number of carbonyl (C=O) groups is 1. The van der Waals surface area contributed by atoms with Gasteiger partial charge in [-0.3, -0.25) is 4.79 Å². The van der Waals surface area contributed by atoms with Crippen LogP contribution in [0.15, 0.2) is 30.3 Å². The SMILES string of the molecule is CC(C)CC(NC(=O)[C@@H](N)C(C)(C)C)c1ccccc1. The Labute approximate surface area is 122 Å². The van der Waals surface area contributed by atoms with Gasteiger partial charge in [-0.25, -0.2) is 0 Å². The molecule has 0 radical (unpaired) electrons. The molecule has 3 heteroatoms. The van der Waals surface area contributed by atoms with Crippen LogP contribution in [0.5, 0.6) is 0 Å². The molecule has 1 aromatic carbocycles. The summed E-state index contributed by atoms with van der Waals surface area (Å²) < 4.78 is 0. The number of carbonyl (C=O) groups excluding carboxylic acids is 1. The van der Waals surface area contributed by atoms with Crippen LogP contribution in [0.4, 0.5) is 0 Å². The average Bonchev–Trinajstić information content (AvgIpc) is 2.36. The predicted octanol–water partition coefficient (Wildman–Crippen LogP) is 3.26. The van der Waals surface area contributed by atoms with Gasteiger partial charge in [-0.1, -0.05) is 65.0 Å². The van der Waals surface area contributed by atoms with Crippen LogP contribution in [0.1, 0.15) is 52.6 Å². The fourth-order valence-electron chi connectivity index (χ4n) is 2.09. The largest absolute Gasteiger partial charge is 0.348 e. The van der Waals surface area contributed by atoms with Crippen molar-refractivity contribution in [3.8, 4) is 0 Å². The van der Waals surface area contributed by atoms with E-state index in [-0.39, 0.29) is 17.4 Å². The van der Waals surface area contributed by atoms with Crippen LogP contribution in [-0.4, -0.2) is 11.9 Å². The zero-order valence-electron chi connectivity index (χ0n) is 13.3. The van der Waals surface area contributed by atoms with Crippen molar-refractivity contribution in [1.82, 2.24) is 5.32 Å². The Hall–Kier alpha value is -1.35. The molecule has 0 saturated carbocycles. The molecule has 1 unspecified atom stereocenters. The maximum Gasteiger partial charge on any atom is 0.237 e. The predicted molar refractivity (Wildman–Crippen MR) is 84.2 cm³/mol. The number of nitrogens with two attached hydrogens (primary N) is 1. The highest BCUT2D eigenvalue weighted by atomic mass is 16.2. The molecule has 0 saturated heterocycles. The highest BCUT2D eigenvalue weighted by Gasteiger charge is 2.29. The smallest absolute Gasteiger partial charge is 0.237 e. The van der Waals surface area contributed by atoms with Crippen molar-refractivity contribution in [3.63, 3.8) is 0 Å². The molecule has 3 nitrogen and oxygen atoms in total. The second-order valence-electron chi connectivity index (χ2n) is 6.95. The number of benzene rings is 1. The van der Waals surface area contributed by atoms with Gasteiger partial charge in [-0.05, 0) is 23.3 Å². The first-order valence-corrected chi connectivity index (χ1v) is 7.32. The molecule has 0 aliphatic carbocycles. The van der Waals surface area contributed by atoms with Crippen molar-refractivity contribution in [2.45, 2.75) is 53.1 Å². The molecule has 3 N–H and O–H groups in total. The summed E-state index contributed by atoms with van der Waals surface area (Å²) in [4.78, 5) is 12.3. The van der Waals surface area contributed by atoms with Crippen molar-refractivity contribution in [1.29, 1.82) is 0 Å². The Morgan fingerprint density at radius 1 is 1.20 bits per heavy atom. The monoisotopic (exact) mass is 276 g/mol. The number of rotatable bonds is 5. The van der Waals surface area contributed by atoms with Gasteiger partial charge in [0.15, 0.2) is 0 Å². The van der Waals surface area contributed by atoms with Crippen molar-refractivity contribution in [2.24, 2.45) is 17.1 Å². The highest BCUT2D eigenvalue weighted by Crippen LogP contribution is 2.23. The molecule has 0 bridgehead atoms. The number of hydrogen-bond donors (Lipinski definition) is 2. The average molecular weight is 276 g/mol. The third-order valence-electron chi connectivity index (χ3n) is 3.44. The quantitative estimate of drug-likeness (QED) is 0.867. The Bertz CT molecular complexity index is 420. The van der Waals surface area contributed by atoms with Crippen molar-refractivity contribution in [3.05, 3.63) is 35.9 Å². The van der Waals surface area contributed by atoms with E-state index in [1.54, 1.807) is 0 Å². The van der Waals surface area contributed by atoms with E-state index in [0.29, 0.717) is 5.92 Å². The lowest BCUT2D eigenvalue weighted by molar-refractivity contribution is -0.125. The second kappa shape index (κ2) is 6.89. The summed E-state index contributed by atoms with van der Waals surface area (Å²) >= 11 is 0. The Kier molecular flexibility index (Phi) is 5.75. The molecular formula is C17H28N2O. The van der Waals surface area contributed by atoms with Gasteiger partial charge >= 0.3 is 0 Å². The lowest BCUT2D eigenvalue weighted by Gasteiger charge is -2.29. The normalized spacial score (nSPS) is 14.9. The van der Waals surface area contributed by atoms with Gasteiger partial charge in [0.25, 0.3) is 0 Å². The first-order chi connectivity index (χ1) is 9.21. The zero-order chi connectivity index (χ0) is 15.3. The summed E-state index contributed by atoms with van der Waals surface area (Å²) in [6, 6.07) is 9.61. The van der Waals surface area contributed by atoms with Crippen molar-refractivity contribution in [2.75, 3.05) is 0 Å². The van der Waals surface area contributed by atoms with E-state index in [1.165, 1.54) is 0 Å². The number of amides is 1. The van der Waals surface area contributed by atoms with Gasteiger partial charge in [-0.2, -0.15) is 0 Å². The van der Waals surface area contributed by atoms with Crippen LogP contribution >= 0.6 is 0 Å². The second-order valence-corrected chi connectivity index (χ2v) is 6.95. The van der Waals surface area contributed by atoms with Gasteiger partial charge in [0.2, 0.25) is 5.91 Å². The van der Waals surface area contributed by atoms with E-state index in [0.717, 1.165) is 12.0 Å². The Morgan fingerprint density at radius 2 is 1.75 bits per heavy atom. The summed E-state index contributed by atoms with van der Waals surface area (Å²) in [6.45, 7) is 10.3. The summed E-state index contributed by atoms with van der Waals surface area (Å²) in [6.07, 6.45) is 0.909. The molecule has 1 amide bonds. The van der Waals surface area contributed by atoms with Crippen molar-refractivity contribution >= 4 is 5.91 Å². The summed E-state index contributed by atoms with van der Waals surface area (Å²) in [5.41, 5.74) is 6.94. The van der Waals surface area contributed by atoms with Crippen LogP contribution in [0.3, 0.4) is 0 Å². The summed E-state index contributed by atoms with van der Waals surface area (Å²) in [5, 5.41) is 3.11. The fraction of sp³-hybridized carbons (Fsp3) is 0.588. The topological polar surface area (TPSA) is 55.1 Å². The lowest BCUT2D eigenvalue weighted by Crippen LogP contribution is -2.49. The van der Waals surface area contributed by atoms with Gasteiger partial charge in [0, 0.05) is 0 Å². The number of nitrogens with one attached hydrogen (secondary N) is 1. The van der Waals surface area contributed by atoms with Gasteiger partial charge < -0.3 is 11.1 Å². The molecule has 0 aliphatic rings. The molecule has 0 heterocycles. The maximum atomic E-state index is 12.3. The third kappa shape index (κ3) is 4.97. The van der Waals surface area contributed by atoms with Gasteiger partial charge in [0.1, 0.15) is 0 Å². The van der Waals surface area contributed by atoms with E-state index in [4.69, 9.17) is 5.73 Å². The summed E-state index contributed by atoms with van der Waals surface area (Å²) in [7, 11) is 0. The zero-order valence-corrected chi connectivity index (χ0v) is 13.3. The molecule has 2 atom stereocenters.